The molecule has 0 heterocycles. The summed E-state index contributed by atoms with van der Waals surface area (Å²) in [5.74, 6) is -1.75. The number of amides is 2. The summed E-state index contributed by atoms with van der Waals surface area (Å²) in [5.41, 5.74) is 4.50. The summed E-state index contributed by atoms with van der Waals surface area (Å²) >= 11 is 0. The fourth-order valence-electron chi connectivity index (χ4n) is 3.92. The Hall–Kier alpha value is -3.39. The minimum Gasteiger partial charge on any atom is -0.480 e. The molecule has 8 nitrogen and oxygen atoms in total. The molecule has 0 saturated carbocycles. The second-order valence-electron chi connectivity index (χ2n) is 7.90. The second-order valence-corrected chi connectivity index (χ2v) is 7.90. The number of fused-ring (bicyclic) bond motifs is 3. The van der Waals surface area contributed by atoms with Gasteiger partial charge in [-0.2, -0.15) is 0 Å². The minimum absolute atomic E-state index is 0.0568. The Labute approximate surface area is 186 Å². The molecule has 2 amide bonds. The molecule has 0 saturated heterocycles. The van der Waals surface area contributed by atoms with E-state index in [0.717, 1.165) is 22.3 Å². The number of carbonyl (C=O) groups is 3. The molecule has 3 N–H and O–H groups in total. The molecule has 3 atom stereocenters. The van der Waals surface area contributed by atoms with Crippen molar-refractivity contribution in [2.45, 2.75) is 44.4 Å². The molecule has 3 rings (SSSR count). The van der Waals surface area contributed by atoms with Crippen LogP contribution in [0.15, 0.2) is 48.5 Å². The summed E-state index contributed by atoms with van der Waals surface area (Å²) in [6.45, 7) is 3.37. The Morgan fingerprint density at radius 2 is 1.53 bits per heavy atom. The Balaban J connectivity index is 1.53. The second kappa shape index (κ2) is 10.3. The van der Waals surface area contributed by atoms with Crippen LogP contribution < -0.4 is 10.6 Å². The van der Waals surface area contributed by atoms with E-state index >= 15 is 0 Å². The highest BCUT2D eigenvalue weighted by atomic mass is 16.5. The monoisotopic (exact) mass is 440 g/mol. The fraction of sp³-hybridized carbons (Fsp3) is 0.375. The number of hydrogen-bond acceptors (Lipinski definition) is 5. The van der Waals surface area contributed by atoms with E-state index in [1.165, 1.54) is 7.11 Å². The van der Waals surface area contributed by atoms with Crippen LogP contribution in [0, 0.1) is 0 Å². The van der Waals surface area contributed by atoms with E-state index in [1.807, 2.05) is 36.4 Å². The van der Waals surface area contributed by atoms with Crippen LogP contribution in [-0.2, 0) is 19.1 Å². The minimum atomic E-state index is -1.19. The lowest BCUT2D eigenvalue weighted by molar-refractivity contribution is -0.145. The van der Waals surface area contributed by atoms with Gasteiger partial charge in [-0.25, -0.2) is 9.59 Å². The molecule has 1 aliphatic carbocycles. The first-order valence-electron chi connectivity index (χ1n) is 10.5. The zero-order valence-corrected chi connectivity index (χ0v) is 18.3. The largest absolute Gasteiger partial charge is 0.480 e. The maximum Gasteiger partial charge on any atom is 0.407 e. The van der Waals surface area contributed by atoms with Crippen molar-refractivity contribution in [3.05, 3.63) is 59.7 Å². The van der Waals surface area contributed by atoms with E-state index < -0.39 is 36.2 Å². The fourth-order valence-corrected chi connectivity index (χ4v) is 3.92. The molecule has 32 heavy (non-hydrogen) atoms. The van der Waals surface area contributed by atoms with Crippen molar-refractivity contribution >= 4 is 18.0 Å². The van der Waals surface area contributed by atoms with Gasteiger partial charge in [0.25, 0.3) is 0 Å². The molecule has 2 aromatic rings. The van der Waals surface area contributed by atoms with Crippen molar-refractivity contribution < 1.29 is 29.0 Å². The number of carbonyl (C=O) groups excluding carboxylic acids is 2. The molecular formula is C24H28N2O6. The van der Waals surface area contributed by atoms with E-state index in [4.69, 9.17) is 9.47 Å². The van der Waals surface area contributed by atoms with Gasteiger partial charge in [0.15, 0.2) is 6.04 Å². The molecule has 0 spiro atoms. The number of carboxylic acids is 1. The van der Waals surface area contributed by atoms with Crippen molar-refractivity contribution in [3.8, 4) is 11.1 Å². The van der Waals surface area contributed by atoms with Crippen LogP contribution in [0.3, 0.4) is 0 Å². The third kappa shape index (κ3) is 5.26. The standard InChI is InChI=1S/C24H28N2O6/c1-14(12-21(27)26-22(23(28)29)15(2)31-3)25-24(30)32-13-20-18-10-6-4-8-16(18)17-9-5-7-11-19(17)20/h4-11,14-15,20,22H,12-13H2,1-3H3,(H,25,30)(H,26,27)(H,28,29)/t14-,15?,22?/m1/s1. The van der Waals surface area contributed by atoms with E-state index in [2.05, 4.69) is 22.8 Å². The summed E-state index contributed by atoms with van der Waals surface area (Å²) in [5, 5.41) is 14.3. The Kier molecular flexibility index (Phi) is 7.48. The predicted octanol–water partition coefficient (Wildman–Crippen LogP) is 2.91. The molecule has 0 fully saturated rings. The van der Waals surface area contributed by atoms with Crippen LogP contribution in [0.5, 0.6) is 0 Å². The molecule has 1 aliphatic rings. The highest BCUT2D eigenvalue weighted by Crippen LogP contribution is 2.44. The highest BCUT2D eigenvalue weighted by Gasteiger charge is 2.30. The van der Waals surface area contributed by atoms with Crippen LogP contribution in [-0.4, -0.2) is 55.0 Å². The van der Waals surface area contributed by atoms with Gasteiger partial charge in [-0.05, 0) is 36.1 Å². The van der Waals surface area contributed by atoms with Gasteiger partial charge >= 0.3 is 12.1 Å². The van der Waals surface area contributed by atoms with Gasteiger partial charge < -0.3 is 25.2 Å². The number of nitrogens with one attached hydrogen (secondary N) is 2. The highest BCUT2D eigenvalue weighted by molar-refractivity contribution is 5.84. The number of methoxy groups -OCH3 is 1. The zero-order chi connectivity index (χ0) is 23.3. The molecule has 170 valence electrons. The Morgan fingerprint density at radius 3 is 2.06 bits per heavy atom. The molecular weight excluding hydrogens is 412 g/mol. The molecule has 2 aromatic carbocycles. The van der Waals surface area contributed by atoms with Crippen LogP contribution in [0.25, 0.3) is 11.1 Å². The predicted molar refractivity (Wildman–Crippen MR) is 118 cm³/mol. The third-order valence-corrected chi connectivity index (χ3v) is 5.62. The number of hydrogen-bond donors (Lipinski definition) is 3. The van der Waals surface area contributed by atoms with Gasteiger partial charge in [-0.3, -0.25) is 4.79 Å². The van der Waals surface area contributed by atoms with Gasteiger partial charge in [0, 0.05) is 25.5 Å². The van der Waals surface area contributed by atoms with E-state index in [1.54, 1.807) is 13.8 Å². The average molecular weight is 440 g/mol. The number of alkyl carbamates (subject to hydrolysis) is 1. The lowest BCUT2D eigenvalue weighted by atomic mass is 9.98. The van der Waals surface area contributed by atoms with E-state index in [-0.39, 0.29) is 18.9 Å². The van der Waals surface area contributed by atoms with Gasteiger partial charge in [0.1, 0.15) is 6.61 Å². The first-order chi connectivity index (χ1) is 15.3. The van der Waals surface area contributed by atoms with Crippen LogP contribution in [0.1, 0.15) is 37.3 Å². The smallest absolute Gasteiger partial charge is 0.407 e. The number of rotatable bonds is 9. The van der Waals surface area contributed by atoms with Crippen molar-refractivity contribution in [1.29, 1.82) is 0 Å². The van der Waals surface area contributed by atoms with Crippen molar-refractivity contribution in [2.75, 3.05) is 13.7 Å². The number of aliphatic carboxylic acids is 1. The normalized spacial score (nSPS) is 15.1. The first kappa shape index (κ1) is 23.3. The van der Waals surface area contributed by atoms with Gasteiger partial charge in [0.2, 0.25) is 5.91 Å². The molecule has 2 unspecified atom stereocenters. The number of carboxylic acid groups (broad SMARTS) is 1. The van der Waals surface area contributed by atoms with Crippen molar-refractivity contribution in [1.82, 2.24) is 10.6 Å². The van der Waals surface area contributed by atoms with Crippen LogP contribution >= 0.6 is 0 Å². The summed E-state index contributed by atoms with van der Waals surface area (Å²) in [7, 11) is 1.37. The quantitative estimate of drug-likeness (QED) is 0.553. The van der Waals surface area contributed by atoms with E-state index in [9.17, 15) is 19.5 Å². The summed E-state index contributed by atoms with van der Waals surface area (Å²) in [6, 6.07) is 14.4. The lowest BCUT2D eigenvalue weighted by Gasteiger charge is -2.21. The molecule has 0 aliphatic heterocycles. The van der Waals surface area contributed by atoms with Crippen LogP contribution in [0.4, 0.5) is 4.79 Å². The molecule has 8 heteroatoms. The van der Waals surface area contributed by atoms with Crippen molar-refractivity contribution in [3.63, 3.8) is 0 Å². The average Bonchev–Trinajstić information content (AvgIpc) is 3.09. The number of ether oxygens (including phenoxy) is 2. The Bertz CT molecular complexity index is 946. The van der Waals surface area contributed by atoms with E-state index in [0.29, 0.717) is 0 Å². The molecule has 0 radical (unpaired) electrons. The van der Waals surface area contributed by atoms with Gasteiger partial charge in [-0.1, -0.05) is 48.5 Å². The summed E-state index contributed by atoms with van der Waals surface area (Å²) in [4.78, 5) is 35.8. The lowest BCUT2D eigenvalue weighted by Crippen LogP contribution is -2.49. The molecule has 0 aromatic heterocycles. The molecule has 0 bridgehead atoms. The summed E-state index contributed by atoms with van der Waals surface area (Å²) in [6.07, 6.45) is -1.42. The zero-order valence-electron chi connectivity index (χ0n) is 18.3. The maximum absolute atomic E-state index is 12.3. The maximum atomic E-state index is 12.3. The SMILES string of the molecule is COC(C)C(NC(=O)C[C@@H](C)NC(=O)OCC1c2ccccc2-c2ccccc21)C(=O)O. The number of benzene rings is 2. The Morgan fingerprint density at radius 1 is 0.969 bits per heavy atom. The first-order valence-corrected chi connectivity index (χ1v) is 10.5. The van der Waals surface area contributed by atoms with Crippen LogP contribution in [0.2, 0.25) is 0 Å². The van der Waals surface area contributed by atoms with Crippen molar-refractivity contribution in [2.24, 2.45) is 0 Å². The third-order valence-electron chi connectivity index (χ3n) is 5.62. The summed E-state index contributed by atoms with van der Waals surface area (Å²) < 4.78 is 10.5. The van der Waals surface area contributed by atoms with Gasteiger partial charge in [0.05, 0.1) is 6.10 Å². The topological polar surface area (TPSA) is 114 Å². The van der Waals surface area contributed by atoms with Gasteiger partial charge in [-0.15, -0.1) is 0 Å².